The summed E-state index contributed by atoms with van der Waals surface area (Å²) in [7, 11) is 0. The fourth-order valence-corrected chi connectivity index (χ4v) is 3.45. The molecule has 4 rings (SSSR count). The lowest BCUT2D eigenvalue weighted by Gasteiger charge is -2.08. The van der Waals surface area contributed by atoms with Crippen molar-refractivity contribution in [2.75, 3.05) is 5.32 Å². The molecule has 2 aliphatic rings. The predicted octanol–water partition coefficient (Wildman–Crippen LogP) is 3.75. The Morgan fingerprint density at radius 3 is 2.36 bits per heavy atom. The van der Waals surface area contributed by atoms with E-state index in [-0.39, 0.29) is 5.82 Å². The van der Waals surface area contributed by atoms with Gasteiger partial charge >= 0.3 is 0 Å². The van der Waals surface area contributed by atoms with Gasteiger partial charge in [-0.25, -0.2) is 13.8 Å². The van der Waals surface area contributed by atoms with E-state index in [1.807, 2.05) is 0 Å². The minimum atomic E-state index is -1.02. The molecule has 1 saturated carbocycles. The molecule has 0 aromatic carbocycles. The van der Waals surface area contributed by atoms with Crippen LogP contribution in [0.1, 0.15) is 48.7 Å². The fourth-order valence-electron chi connectivity index (χ4n) is 3.45. The lowest BCUT2D eigenvalue weighted by Crippen LogP contribution is -2.17. The number of hydrogen-bond acceptors (Lipinski definition) is 4. The second-order valence-corrected chi connectivity index (χ2v) is 6.83. The second kappa shape index (κ2) is 5.68. The number of nitrogens with one attached hydrogen (secondary N) is 1. The minimum Gasteiger partial charge on any atom is -0.305 e. The van der Waals surface area contributed by atoms with Crippen molar-refractivity contribution < 1.29 is 13.6 Å². The second-order valence-electron chi connectivity index (χ2n) is 6.83. The summed E-state index contributed by atoms with van der Waals surface area (Å²) in [6.07, 6.45) is 9.23. The number of aromatic nitrogens is 3. The summed E-state index contributed by atoms with van der Waals surface area (Å²) in [5.41, 5.74) is 3.11. The Hall–Kier alpha value is -2.70. The molecular weight excluding hydrogens is 326 g/mol. The molecule has 0 aliphatic heterocycles. The minimum absolute atomic E-state index is 0.141. The molecule has 2 aliphatic carbocycles. The molecule has 0 unspecified atom stereocenters. The van der Waals surface area contributed by atoms with Crippen LogP contribution in [0.3, 0.4) is 0 Å². The van der Waals surface area contributed by atoms with Crippen LogP contribution in [0.5, 0.6) is 0 Å². The molecular formula is C18H16F2N4O. The molecule has 1 spiro atoms. The van der Waals surface area contributed by atoms with Crippen LogP contribution in [0, 0.1) is 17.0 Å². The molecule has 2 aromatic heterocycles. The Kier molecular flexibility index (Phi) is 3.59. The van der Waals surface area contributed by atoms with E-state index in [2.05, 4.69) is 27.2 Å². The Morgan fingerprint density at radius 1 is 1.08 bits per heavy atom. The molecule has 2 heterocycles. The first-order valence-corrected chi connectivity index (χ1v) is 8.09. The van der Waals surface area contributed by atoms with Crippen LogP contribution in [-0.4, -0.2) is 20.9 Å². The first-order valence-electron chi connectivity index (χ1n) is 8.09. The maximum Gasteiger partial charge on any atom is 0.262 e. The number of carbonyl (C=O) groups excluding carboxylic acids is 1. The fraction of sp³-hybridized carbons (Fsp3) is 0.333. The zero-order valence-electron chi connectivity index (χ0n) is 13.6. The highest BCUT2D eigenvalue weighted by Crippen LogP contribution is 2.61. The van der Waals surface area contributed by atoms with Gasteiger partial charge in [0, 0.05) is 0 Å². The van der Waals surface area contributed by atoms with Crippen molar-refractivity contribution in [1.29, 1.82) is 0 Å². The Balaban J connectivity index is 1.51. The van der Waals surface area contributed by atoms with E-state index < -0.39 is 23.1 Å². The first kappa shape index (κ1) is 15.8. The average Bonchev–Trinajstić information content (AvgIpc) is 3.24. The van der Waals surface area contributed by atoms with Gasteiger partial charge in [0.2, 0.25) is 0 Å². The summed E-state index contributed by atoms with van der Waals surface area (Å²) in [5.74, 6) is -2.83. The summed E-state index contributed by atoms with van der Waals surface area (Å²) in [5, 5.41) is 2.36. The molecule has 1 N–H and O–H groups in total. The van der Waals surface area contributed by atoms with Crippen LogP contribution in [0.25, 0.3) is 5.57 Å². The average molecular weight is 342 g/mol. The smallest absolute Gasteiger partial charge is 0.262 e. The Morgan fingerprint density at radius 2 is 1.80 bits per heavy atom. The van der Waals surface area contributed by atoms with Crippen molar-refractivity contribution in [1.82, 2.24) is 15.0 Å². The molecule has 1 fully saturated rings. The molecule has 0 radical (unpaired) electrons. The standard InChI is InChI=1S/C18H16F2N4O/c1-10-4-18(2-3-18)5-11(10)14-8-23-15(9-22-14)24-17(25)16-12(19)6-21-7-13(16)20/h6-9H,2-5H2,1H3,(H,23,24,25). The van der Waals surface area contributed by atoms with E-state index in [0.717, 1.165) is 30.9 Å². The molecule has 25 heavy (non-hydrogen) atoms. The third-order valence-corrected chi connectivity index (χ3v) is 4.95. The summed E-state index contributed by atoms with van der Waals surface area (Å²) in [6.45, 7) is 2.12. The number of rotatable bonds is 3. The maximum absolute atomic E-state index is 13.6. The van der Waals surface area contributed by atoms with Gasteiger partial charge in [-0.05, 0) is 43.6 Å². The summed E-state index contributed by atoms with van der Waals surface area (Å²) >= 11 is 0. The Labute approximate surface area is 143 Å². The highest BCUT2D eigenvalue weighted by molar-refractivity contribution is 6.04. The van der Waals surface area contributed by atoms with Gasteiger partial charge in [0.15, 0.2) is 17.5 Å². The summed E-state index contributed by atoms with van der Waals surface area (Å²) in [6, 6.07) is 0. The van der Waals surface area contributed by atoms with E-state index >= 15 is 0 Å². The largest absolute Gasteiger partial charge is 0.305 e. The maximum atomic E-state index is 13.6. The molecule has 7 heteroatoms. The van der Waals surface area contributed by atoms with Gasteiger partial charge in [0.25, 0.3) is 5.91 Å². The number of anilines is 1. The molecule has 0 atom stereocenters. The van der Waals surface area contributed by atoms with Crippen LogP contribution in [-0.2, 0) is 0 Å². The SMILES string of the molecule is CC1=C(c2cnc(NC(=O)c3c(F)cncc3F)cn2)CC2(CC2)C1. The van der Waals surface area contributed by atoms with Crippen molar-refractivity contribution in [3.05, 3.63) is 53.3 Å². The monoisotopic (exact) mass is 342 g/mol. The van der Waals surface area contributed by atoms with Crippen LogP contribution in [0.15, 0.2) is 30.4 Å². The van der Waals surface area contributed by atoms with Crippen molar-refractivity contribution >= 4 is 17.3 Å². The summed E-state index contributed by atoms with van der Waals surface area (Å²) in [4.78, 5) is 23.9. The van der Waals surface area contributed by atoms with Crippen LogP contribution < -0.4 is 5.32 Å². The van der Waals surface area contributed by atoms with Gasteiger partial charge < -0.3 is 5.32 Å². The molecule has 2 aromatic rings. The zero-order valence-corrected chi connectivity index (χ0v) is 13.6. The van der Waals surface area contributed by atoms with E-state index in [4.69, 9.17) is 0 Å². The summed E-state index contributed by atoms with van der Waals surface area (Å²) < 4.78 is 27.2. The number of amides is 1. The molecule has 1 amide bonds. The van der Waals surface area contributed by atoms with E-state index in [1.165, 1.54) is 30.2 Å². The van der Waals surface area contributed by atoms with Gasteiger partial charge in [0.1, 0.15) is 5.56 Å². The number of halogens is 2. The molecule has 5 nitrogen and oxygen atoms in total. The van der Waals surface area contributed by atoms with Crippen LogP contribution >= 0.6 is 0 Å². The first-order chi connectivity index (χ1) is 12.0. The number of carbonyl (C=O) groups is 1. The highest BCUT2D eigenvalue weighted by Gasteiger charge is 2.47. The van der Waals surface area contributed by atoms with Crippen molar-refractivity contribution in [3.8, 4) is 0 Å². The number of nitrogens with zero attached hydrogens (tertiary/aromatic N) is 3. The number of allylic oxidation sites excluding steroid dienone is 2. The quantitative estimate of drug-likeness (QED) is 0.922. The lowest BCUT2D eigenvalue weighted by molar-refractivity contribution is 0.101. The van der Waals surface area contributed by atoms with E-state index in [1.54, 1.807) is 6.20 Å². The lowest BCUT2D eigenvalue weighted by atomic mass is 10.0. The van der Waals surface area contributed by atoms with Crippen molar-refractivity contribution in [3.63, 3.8) is 0 Å². The van der Waals surface area contributed by atoms with Gasteiger partial charge in [-0.15, -0.1) is 0 Å². The molecule has 0 saturated heterocycles. The number of hydrogen-bond donors (Lipinski definition) is 1. The van der Waals surface area contributed by atoms with Crippen molar-refractivity contribution in [2.45, 2.75) is 32.6 Å². The van der Waals surface area contributed by atoms with Crippen molar-refractivity contribution in [2.24, 2.45) is 5.41 Å². The molecule has 128 valence electrons. The van der Waals surface area contributed by atoms with Crippen LogP contribution in [0.4, 0.5) is 14.6 Å². The third-order valence-electron chi connectivity index (χ3n) is 4.95. The van der Waals surface area contributed by atoms with Gasteiger partial charge in [-0.3, -0.25) is 14.8 Å². The highest BCUT2D eigenvalue weighted by atomic mass is 19.1. The van der Waals surface area contributed by atoms with E-state index in [0.29, 0.717) is 5.41 Å². The van der Waals surface area contributed by atoms with Gasteiger partial charge in [0.05, 0.1) is 30.5 Å². The normalized spacial score (nSPS) is 17.9. The Bertz CT molecular complexity index is 868. The van der Waals surface area contributed by atoms with E-state index in [9.17, 15) is 13.6 Å². The third kappa shape index (κ3) is 2.90. The zero-order chi connectivity index (χ0) is 17.6. The van der Waals surface area contributed by atoms with Crippen LogP contribution in [0.2, 0.25) is 0 Å². The number of pyridine rings is 1. The predicted molar refractivity (Wildman–Crippen MR) is 87.6 cm³/mol. The van der Waals surface area contributed by atoms with Gasteiger partial charge in [-0.2, -0.15) is 0 Å². The molecule has 0 bridgehead atoms. The van der Waals surface area contributed by atoms with Gasteiger partial charge in [-0.1, -0.05) is 5.57 Å². The topological polar surface area (TPSA) is 67.8 Å².